The number of nitrogens with two attached hydrogens (primary N) is 1. The maximum Gasteiger partial charge on any atom is 0.169 e. The molecule has 2 N–H and O–H groups in total. The normalized spacial score (nSPS) is 11.2. The van der Waals surface area contributed by atoms with Crippen LogP contribution in [-0.4, -0.2) is 19.6 Å². The minimum Gasteiger partial charge on any atom is -0.398 e. The van der Waals surface area contributed by atoms with Gasteiger partial charge >= 0.3 is 0 Å². The fourth-order valence-corrected chi connectivity index (χ4v) is 2.39. The van der Waals surface area contributed by atoms with Crippen LogP contribution in [0.4, 0.5) is 5.69 Å². The number of hydrogen-bond acceptors (Lipinski definition) is 4. The van der Waals surface area contributed by atoms with Gasteiger partial charge in [-0.2, -0.15) is 0 Å². The molecule has 0 saturated carbocycles. The van der Waals surface area contributed by atoms with Crippen molar-refractivity contribution in [2.75, 3.05) is 5.73 Å². The zero-order valence-electron chi connectivity index (χ0n) is 10.6. The van der Waals surface area contributed by atoms with E-state index >= 15 is 0 Å². The molecular weight excluding hydrogens is 250 g/mol. The van der Waals surface area contributed by atoms with Crippen molar-refractivity contribution in [1.82, 2.24) is 19.6 Å². The Labute approximate surface area is 114 Å². The Morgan fingerprint density at radius 3 is 2.85 bits per heavy atom. The lowest BCUT2D eigenvalue weighted by molar-refractivity contribution is 1.11. The van der Waals surface area contributed by atoms with E-state index in [9.17, 15) is 0 Å². The summed E-state index contributed by atoms with van der Waals surface area (Å²) in [4.78, 5) is 4.37. The Kier molecular flexibility index (Phi) is 2.20. The largest absolute Gasteiger partial charge is 0.398 e. The molecule has 0 atom stereocenters. The molecule has 4 aromatic rings. The van der Waals surface area contributed by atoms with Gasteiger partial charge in [-0.15, -0.1) is 10.2 Å². The monoisotopic (exact) mass is 261 g/mol. The molecule has 3 heterocycles. The summed E-state index contributed by atoms with van der Waals surface area (Å²) in [6, 6.07) is 13.6. The van der Waals surface area contributed by atoms with E-state index in [1.165, 1.54) is 0 Å². The van der Waals surface area contributed by atoms with Crippen LogP contribution in [0, 0.1) is 0 Å². The van der Waals surface area contributed by atoms with Gasteiger partial charge in [-0.3, -0.25) is 9.38 Å². The molecule has 0 amide bonds. The van der Waals surface area contributed by atoms with Gasteiger partial charge in [0.1, 0.15) is 0 Å². The molecule has 5 heteroatoms. The second-order valence-corrected chi connectivity index (χ2v) is 4.59. The molecule has 3 aromatic heterocycles. The van der Waals surface area contributed by atoms with Crippen molar-refractivity contribution in [1.29, 1.82) is 0 Å². The summed E-state index contributed by atoms with van der Waals surface area (Å²) in [6.45, 7) is 0. The highest BCUT2D eigenvalue weighted by Crippen LogP contribution is 2.26. The quantitative estimate of drug-likeness (QED) is 0.571. The van der Waals surface area contributed by atoms with E-state index in [0.717, 1.165) is 27.9 Å². The minimum absolute atomic E-state index is 0.678. The fraction of sp³-hybridized carbons (Fsp3) is 0. The second-order valence-electron chi connectivity index (χ2n) is 4.59. The van der Waals surface area contributed by atoms with Gasteiger partial charge in [0.05, 0.1) is 5.52 Å². The zero-order valence-corrected chi connectivity index (χ0v) is 10.6. The summed E-state index contributed by atoms with van der Waals surface area (Å²) in [6.07, 6.45) is 3.62. The Bertz CT molecular complexity index is 921. The van der Waals surface area contributed by atoms with Crippen molar-refractivity contribution >= 4 is 22.2 Å². The van der Waals surface area contributed by atoms with E-state index in [-0.39, 0.29) is 0 Å². The van der Waals surface area contributed by atoms with Gasteiger partial charge in [0.2, 0.25) is 0 Å². The fourth-order valence-electron chi connectivity index (χ4n) is 2.39. The number of aromatic nitrogens is 4. The van der Waals surface area contributed by atoms with Crippen LogP contribution in [0.25, 0.3) is 27.9 Å². The molecular formula is C15H11N5. The first kappa shape index (κ1) is 10.9. The number of rotatable bonds is 1. The second kappa shape index (κ2) is 4.03. The van der Waals surface area contributed by atoms with Crippen molar-refractivity contribution in [2.24, 2.45) is 0 Å². The predicted octanol–water partition coefficient (Wildman–Crippen LogP) is 2.53. The Morgan fingerprint density at radius 2 is 1.90 bits per heavy atom. The standard InChI is InChI=1S/C15H11N5/c16-10-6-7-14-18-19-15(20(14)9-10)12-3-1-5-13-11(12)4-2-8-17-13/h1-9H,16H2. The van der Waals surface area contributed by atoms with Gasteiger partial charge in [0.15, 0.2) is 11.5 Å². The molecule has 0 aliphatic heterocycles. The molecule has 0 saturated heterocycles. The van der Waals surface area contributed by atoms with Gasteiger partial charge < -0.3 is 5.73 Å². The number of fused-ring (bicyclic) bond motifs is 2. The molecule has 96 valence electrons. The minimum atomic E-state index is 0.678. The smallest absolute Gasteiger partial charge is 0.169 e. The lowest BCUT2D eigenvalue weighted by Crippen LogP contribution is -1.93. The van der Waals surface area contributed by atoms with Crippen molar-refractivity contribution in [3.63, 3.8) is 0 Å². The Balaban J connectivity index is 2.09. The molecule has 1 aromatic carbocycles. The summed E-state index contributed by atoms with van der Waals surface area (Å²) in [5.74, 6) is 0.769. The highest BCUT2D eigenvalue weighted by atomic mass is 15.2. The molecule has 4 rings (SSSR count). The highest BCUT2D eigenvalue weighted by molar-refractivity contribution is 5.93. The molecule has 0 aliphatic rings. The summed E-state index contributed by atoms with van der Waals surface area (Å²) in [5.41, 5.74) is 9.23. The number of hydrogen-bond donors (Lipinski definition) is 1. The van der Waals surface area contributed by atoms with Crippen molar-refractivity contribution in [3.05, 3.63) is 54.9 Å². The maximum absolute atomic E-state index is 5.85. The average Bonchev–Trinajstić information content (AvgIpc) is 2.89. The summed E-state index contributed by atoms with van der Waals surface area (Å²) in [5, 5.41) is 9.51. The van der Waals surface area contributed by atoms with E-state index in [2.05, 4.69) is 15.2 Å². The molecule has 0 radical (unpaired) electrons. The molecule has 0 fully saturated rings. The zero-order chi connectivity index (χ0) is 13.5. The first-order valence-electron chi connectivity index (χ1n) is 6.27. The van der Waals surface area contributed by atoms with Crippen LogP contribution in [0.15, 0.2) is 54.9 Å². The van der Waals surface area contributed by atoms with Crippen LogP contribution in [-0.2, 0) is 0 Å². The predicted molar refractivity (Wildman–Crippen MR) is 78.1 cm³/mol. The highest BCUT2D eigenvalue weighted by Gasteiger charge is 2.11. The van der Waals surface area contributed by atoms with Gasteiger partial charge in [0.25, 0.3) is 0 Å². The first-order valence-corrected chi connectivity index (χ1v) is 6.27. The molecule has 20 heavy (non-hydrogen) atoms. The molecule has 0 aliphatic carbocycles. The molecule has 5 nitrogen and oxygen atoms in total. The number of benzene rings is 1. The summed E-state index contributed by atoms with van der Waals surface area (Å²) in [7, 11) is 0. The van der Waals surface area contributed by atoms with E-state index in [0.29, 0.717) is 5.69 Å². The topological polar surface area (TPSA) is 69.1 Å². The molecule has 0 bridgehead atoms. The summed E-state index contributed by atoms with van der Waals surface area (Å²) >= 11 is 0. The number of nitrogen functional groups attached to an aromatic ring is 1. The van der Waals surface area contributed by atoms with Gasteiger partial charge in [0, 0.05) is 29.0 Å². The van der Waals surface area contributed by atoms with E-state index in [1.54, 1.807) is 6.20 Å². The molecule has 0 spiro atoms. The average molecular weight is 261 g/mol. The molecule has 0 unspecified atom stereocenters. The number of nitrogens with zero attached hydrogens (tertiary/aromatic N) is 4. The lowest BCUT2D eigenvalue weighted by Gasteiger charge is -2.04. The van der Waals surface area contributed by atoms with E-state index < -0.39 is 0 Å². The van der Waals surface area contributed by atoms with Crippen molar-refractivity contribution < 1.29 is 0 Å². The SMILES string of the molecule is Nc1ccc2nnc(-c3cccc4ncccc34)n2c1. The van der Waals surface area contributed by atoms with Crippen LogP contribution in [0.1, 0.15) is 0 Å². The third-order valence-electron chi connectivity index (χ3n) is 3.31. The lowest BCUT2D eigenvalue weighted by atomic mass is 10.1. The van der Waals surface area contributed by atoms with E-state index in [1.807, 2.05) is 53.1 Å². The maximum atomic E-state index is 5.85. The first-order chi connectivity index (χ1) is 9.83. The Hall–Kier alpha value is -2.95. The van der Waals surface area contributed by atoms with Gasteiger partial charge in [-0.25, -0.2) is 0 Å². The van der Waals surface area contributed by atoms with Gasteiger partial charge in [-0.05, 0) is 24.3 Å². The summed E-state index contributed by atoms with van der Waals surface area (Å²) < 4.78 is 1.90. The Morgan fingerprint density at radius 1 is 0.950 bits per heavy atom. The van der Waals surface area contributed by atoms with Crippen LogP contribution >= 0.6 is 0 Å². The third-order valence-corrected chi connectivity index (χ3v) is 3.31. The van der Waals surface area contributed by atoms with Crippen LogP contribution in [0.3, 0.4) is 0 Å². The number of anilines is 1. The van der Waals surface area contributed by atoms with Crippen LogP contribution in [0.5, 0.6) is 0 Å². The van der Waals surface area contributed by atoms with Crippen molar-refractivity contribution in [3.8, 4) is 11.4 Å². The van der Waals surface area contributed by atoms with Gasteiger partial charge in [-0.1, -0.05) is 18.2 Å². The number of pyridine rings is 2. The third kappa shape index (κ3) is 1.53. The van der Waals surface area contributed by atoms with E-state index in [4.69, 9.17) is 5.73 Å². The van der Waals surface area contributed by atoms with Crippen LogP contribution < -0.4 is 5.73 Å². The van der Waals surface area contributed by atoms with Crippen molar-refractivity contribution in [2.45, 2.75) is 0 Å². The van der Waals surface area contributed by atoms with Crippen LogP contribution in [0.2, 0.25) is 0 Å².